The molecule has 2 atom stereocenters. The average molecular weight is 333 g/mol. The summed E-state index contributed by atoms with van der Waals surface area (Å²) in [5, 5.41) is 8.76. The van der Waals surface area contributed by atoms with E-state index < -0.39 is 38.1 Å². The van der Waals surface area contributed by atoms with Gasteiger partial charge in [-0.2, -0.15) is 4.31 Å². The Labute approximate surface area is 127 Å². The molecule has 0 aromatic heterocycles. The molecule has 1 aliphatic rings. The normalized spacial score (nSPS) is 23.3. The van der Waals surface area contributed by atoms with E-state index in [1.165, 1.54) is 23.9 Å². The summed E-state index contributed by atoms with van der Waals surface area (Å²) >= 11 is 1.28. The molecule has 0 radical (unpaired) electrons. The molecule has 5 nitrogen and oxygen atoms in total. The fourth-order valence-corrected chi connectivity index (χ4v) is 6.00. The molecule has 0 bridgehead atoms. The number of hydrogen-bond donors (Lipinski definition) is 1. The molecule has 8 heteroatoms. The van der Waals surface area contributed by atoms with Crippen molar-refractivity contribution in [1.82, 2.24) is 4.31 Å². The molecule has 2 rings (SSSR count). The summed E-state index contributed by atoms with van der Waals surface area (Å²) in [6.45, 7) is 1.89. The molecular weight excluding hydrogens is 317 g/mol. The van der Waals surface area contributed by atoms with Gasteiger partial charge >= 0.3 is 5.97 Å². The third-order valence-electron chi connectivity index (χ3n) is 3.25. The Balaban J connectivity index is 2.48. The van der Waals surface area contributed by atoms with Crippen LogP contribution in [-0.4, -0.2) is 41.0 Å². The maximum absolute atomic E-state index is 13.8. The number of hydrogen-bond acceptors (Lipinski definition) is 4. The predicted octanol–water partition coefficient (Wildman–Crippen LogP) is 2.14. The van der Waals surface area contributed by atoms with Gasteiger partial charge in [-0.15, -0.1) is 11.8 Å². The standard InChI is InChI=1S/C13H16FNO4S2/c1-2-5-12-15(10(8-20-12)13(16)17)21(18,19)11-7-4-3-6-9(11)14/h3-4,6-7,10,12H,2,5,8H2,1H3,(H,16,17). The molecule has 2 unspecified atom stereocenters. The molecule has 1 aromatic rings. The second-order valence-corrected chi connectivity index (χ2v) is 7.72. The highest BCUT2D eigenvalue weighted by atomic mass is 32.2. The zero-order valence-electron chi connectivity index (χ0n) is 11.4. The Morgan fingerprint density at radius 1 is 1.48 bits per heavy atom. The van der Waals surface area contributed by atoms with Gasteiger partial charge in [-0.1, -0.05) is 25.5 Å². The van der Waals surface area contributed by atoms with E-state index in [1.54, 1.807) is 0 Å². The van der Waals surface area contributed by atoms with E-state index in [9.17, 15) is 22.7 Å². The number of aliphatic carboxylic acids is 1. The second-order valence-electron chi connectivity index (χ2n) is 4.70. The van der Waals surface area contributed by atoms with Crippen LogP contribution in [0, 0.1) is 5.82 Å². The summed E-state index contributed by atoms with van der Waals surface area (Å²) in [5.74, 6) is -1.90. The van der Waals surface area contributed by atoms with Gasteiger partial charge in [0, 0.05) is 5.75 Å². The van der Waals surface area contributed by atoms with E-state index in [-0.39, 0.29) is 5.75 Å². The molecule has 0 saturated carbocycles. The van der Waals surface area contributed by atoms with Crippen molar-refractivity contribution in [2.45, 2.75) is 36.1 Å². The van der Waals surface area contributed by atoms with E-state index in [0.717, 1.165) is 16.4 Å². The first kappa shape index (κ1) is 16.3. The Morgan fingerprint density at radius 2 is 2.14 bits per heavy atom. The van der Waals surface area contributed by atoms with Crippen molar-refractivity contribution < 1.29 is 22.7 Å². The first-order valence-electron chi connectivity index (χ1n) is 6.52. The fraction of sp³-hybridized carbons (Fsp3) is 0.462. The van der Waals surface area contributed by atoms with Crippen molar-refractivity contribution >= 4 is 27.8 Å². The third kappa shape index (κ3) is 3.07. The lowest BCUT2D eigenvalue weighted by Gasteiger charge is -2.26. The van der Waals surface area contributed by atoms with Crippen molar-refractivity contribution in [3.05, 3.63) is 30.1 Å². The SMILES string of the molecule is CCCC1SCC(C(=O)O)N1S(=O)(=O)c1ccccc1F. The Bertz CT molecular complexity index is 635. The highest BCUT2D eigenvalue weighted by Gasteiger charge is 2.46. The molecule has 1 N–H and O–H groups in total. The van der Waals surface area contributed by atoms with Crippen LogP contribution < -0.4 is 0 Å². The van der Waals surface area contributed by atoms with Gasteiger partial charge in [0.25, 0.3) is 0 Å². The molecule has 1 fully saturated rings. The maximum atomic E-state index is 13.8. The van der Waals surface area contributed by atoms with Crippen molar-refractivity contribution in [2.75, 3.05) is 5.75 Å². The van der Waals surface area contributed by atoms with Crippen LogP contribution in [0.25, 0.3) is 0 Å². The van der Waals surface area contributed by atoms with Gasteiger partial charge in [-0.3, -0.25) is 4.79 Å². The van der Waals surface area contributed by atoms with Crippen molar-refractivity contribution in [2.24, 2.45) is 0 Å². The first-order chi connectivity index (χ1) is 9.89. The summed E-state index contributed by atoms with van der Waals surface area (Å²) in [7, 11) is -4.18. The highest BCUT2D eigenvalue weighted by molar-refractivity contribution is 8.01. The van der Waals surface area contributed by atoms with E-state index in [0.29, 0.717) is 12.8 Å². The molecular formula is C13H16FNO4S2. The van der Waals surface area contributed by atoms with Crippen LogP contribution in [0.15, 0.2) is 29.2 Å². The van der Waals surface area contributed by atoms with Crippen LogP contribution in [0.1, 0.15) is 19.8 Å². The lowest BCUT2D eigenvalue weighted by Crippen LogP contribution is -2.45. The third-order valence-corrected chi connectivity index (χ3v) is 6.69. The van der Waals surface area contributed by atoms with Gasteiger partial charge in [-0.25, -0.2) is 12.8 Å². The van der Waals surface area contributed by atoms with Crippen molar-refractivity contribution in [1.29, 1.82) is 0 Å². The number of thioether (sulfide) groups is 1. The lowest BCUT2D eigenvalue weighted by molar-refractivity contribution is -0.140. The van der Waals surface area contributed by atoms with E-state index in [4.69, 9.17) is 0 Å². The van der Waals surface area contributed by atoms with Crippen molar-refractivity contribution in [3.63, 3.8) is 0 Å². The van der Waals surface area contributed by atoms with Crippen LogP contribution in [-0.2, 0) is 14.8 Å². The van der Waals surface area contributed by atoms with Crippen LogP contribution in [0.3, 0.4) is 0 Å². The minimum Gasteiger partial charge on any atom is -0.480 e. The second kappa shape index (κ2) is 6.33. The Kier molecular flexibility index (Phi) is 4.90. The van der Waals surface area contributed by atoms with Crippen LogP contribution in [0.4, 0.5) is 4.39 Å². The molecule has 21 heavy (non-hydrogen) atoms. The van der Waals surface area contributed by atoms with Gasteiger partial charge < -0.3 is 5.11 Å². The van der Waals surface area contributed by atoms with Gasteiger partial charge in [0.05, 0.1) is 5.37 Å². The first-order valence-corrected chi connectivity index (χ1v) is 9.01. The van der Waals surface area contributed by atoms with Gasteiger partial charge in [0.15, 0.2) is 0 Å². The fourth-order valence-electron chi connectivity index (χ4n) is 2.28. The molecule has 1 heterocycles. The van der Waals surface area contributed by atoms with Gasteiger partial charge in [0.1, 0.15) is 16.8 Å². The lowest BCUT2D eigenvalue weighted by atomic mass is 10.3. The summed E-state index contributed by atoms with van der Waals surface area (Å²) in [5.41, 5.74) is 0. The molecule has 1 aromatic carbocycles. The van der Waals surface area contributed by atoms with E-state index >= 15 is 0 Å². The van der Waals surface area contributed by atoms with Crippen LogP contribution in [0.5, 0.6) is 0 Å². The van der Waals surface area contributed by atoms with Gasteiger partial charge in [0.2, 0.25) is 10.0 Å². The van der Waals surface area contributed by atoms with Gasteiger partial charge in [-0.05, 0) is 18.6 Å². The summed E-state index contributed by atoms with van der Waals surface area (Å²) in [4.78, 5) is 10.8. The minimum atomic E-state index is -4.18. The summed E-state index contributed by atoms with van der Waals surface area (Å²) in [6.07, 6.45) is 1.25. The quantitative estimate of drug-likeness (QED) is 0.893. The number of carboxylic acids is 1. The topological polar surface area (TPSA) is 74.7 Å². The molecule has 116 valence electrons. The number of carbonyl (C=O) groups is 1. The monoisotopic (exact) mass is 333 g/mol. The molecule has 0 amide bonds. The Morgan fingerprint density at radius 3 is 2.71 bits per heavy atom. The van der Waals surface area contributed by atoms with Crippen molar-refractivity contribution in [3.8, 4) is 0 Å². The molecule has 1 saturated heterocycles. The number of nitrogens with zero attached hydrogens (tertiary/aromatic N) is 1. The number of benzene rings is 1. The largest absolute Gasteiger partial charge is 0.480 e. The zero-order valence-corrected chi connectivity index (χ0v) is 13.0. The predicted molar refractivity (Wildman–Crippen MR) is 78.0 cm³/mol. The number of rotatable bonds is 5. The smallest absolute Gasteiger partial charge is 0.322 e. The zero-order chi connectivity index (χ0) is 15.6. The highest BCUT2D eigenvalue weighted by Crippen LogP contribution is 2.37. The maximum Gasteiger partial charge on any atom is 0.322 e. The van der Waals surface area contributed by atoms with E-state index in [1.807, 2.05) is 6.92 Å². The van der Waals surface area contributed by atoms with Crippen LogP contribution >= 0.6 is 11.8 Å². The summed E-state index contributed by atoms with van der Waals surface area (Å²) in [6, 6.07) is 3.88. The number of sulfonamides is 1. The molecule has 1 aliphatic heterocycles. The number of carboxylic acid groups (broad SMARTS) is 1. The molecule has 0 aliphatic carbocycles. The van der Waals surface area contributed by atoms with Crippen LogP contribution in [0.2, 0.25) is 0 Å². The summed E-state index contributed by atoms with van der Waals surface area (Å²) < 4.78 is 40.1. The average Bonchev–Trinajstić information content (AvgIpc) is 2.84. The minimum absolute atomic E-state index is 0.174. The molecule has 0 spiro atoms. The van der Waals surface area contributed by atoms with E-state index in [2.05, 4.69) is 0 Å². The Hall–Kier alpha value is -1.12. The number of halogens is 1.